The normalized spacial score (nSPS) is 16.3. The van der Waals surface area contributed by atoms with Crippen molar-refractivity contribution in [2.24, 2.45) is 0 Å². The standard InChI is InChI=1S/C29H29N5O2/c30-17-25-19-32-28(33-25)27(35)16-23-9-8-22(15-26(23)21-5-2-1-3-6-21)20-10-13-34(14-11-20)29(36)24-7-4-12-31-18-24/h4-5,7-9,12,15,18-20H,1-3,6,10-11,13-14,16H2,(H,32,33). The number of nitriles is 1. The Balaban J connectivity index is 1.34. The monoisotopic (exact) mass is 479 g/mol. The predicted octanol–water partition coefficient (Wildman–Crippen LogP) is 5.08. The molecule has 1 fully saturated rings. The summed E-state index contributed by atoms with van der Waals surface area (Å²) >= 11 is 0. The van der Waals surface area contributed by atoms with Gasteiger partial charge in [0.25, 0.3) is 5.91 Å². The predicted molar refractivity (Wildman–Crippen MR) is 136 cm³/mol. The van der Waals surface area contributed by atoms with Crippen molar-refractivity contribution in [3.63, 3.8) is 0 Å². The zero-order chi connectivity index (χ0) is 24.9. The minimum Gasteiger partial charge on any atom is -0.339 e. The van der Waals surface area contributed by atoms with Crippen LogP contribution in [0, 0.1) is 11.3 Å². The highest BCUT2D eigenvalue weighted by Gasteiger charge is 2.26. The minimum absolute atomic E-state index is 0.0425. The van der Waals surface area contributed by atoms with E-state index in [4.69, 9.17) is 5.26 Å². The largest absolute Gasteiger partial charge is 0.339 e. The van der Waals surface area contributed by atoms with Crippen molar-refractivity contribution in [3.05, 3.63) is 88.8 Å². The number of Topliss-reactive ketones (excluding diaryl/α,β-unsaturated/α-hetero) is 1. The number of ketones is 1. The number of likely N-dealkylation sites (tertiary alicyclic amines) is 1. The van der Waals surface area contributed by atoms with E-state index < -0.39 is 0 Å². The molecule has 1 aliphatic carbocycles. The minimum atomic E-state index is -0.121. The Bertz CT molecular complexity index is 1330. The average Bonchev–Trinajstić information content (AvgIpc) is 3.44. The van der Waals surface area contributed by atoms with E-state index in [2.05, 4.69) is 39.2 Å². The van der Waals surface area contributed by atoms with E-state index in [1.54, 1.807) is 18.5 Å². The van der Waals surface area contributed by atoms with Crippen molar-refractivity contribution < 1.29 is 9.59 Å². The van der Waals surface area contributed by atoms with E-state index in [1.807, 2.05) is 17.0 Å². The summed E-state index contributed by atoms with van der Waals surface area (Å²) in [4.78, 5) is 38.6. The number of rotatable bonds is 6. The van der Waals surface area contributed by atoms with Gasteiger partial charge in [0.05, 0.1) is 11.8 Å². The van der Waals surface area contributed by atoms with Gasteiger partial charge in [0, 0.05) is 31.9 Å². The molecule has 1 N–H and O–H groups in total. The molecule has 1 aromatic carbocycles. The fourth-order valence-electron chi connectivity index (χ4n) is 5.25. The van der Waals surface area contributed by atoms with E-state index in [0.29, 0.717) is 11.5 Å². The maximum atomic E-state index is 12.9. The summed E-state index contributed by atoms with van der Waals surface area (Å²) in [6.45, 7) is 1.44. The third-order valence-corrected chi connectivity index (χ3v) is 7.24. The van der Waals surface area contributed by atoms with E-state index in [-0.39, 0.29) is 29.6 Å². The number of hydrogen-bond acceptors (Lipinski definition) is 5. The van der Waals surface area contributed by atoms with Crippen LogP contribution in [0.3, 0.4) is 0 Å². The number of nitrogens with one attached hydrogen (secondary N) is 1. The number of carbonyl (C=O) groups is 2. The molecule has 0 atom stereocenters. The number of aromatic amines is 1. The molecule has 1 aliphatic heterocycles. The lowest BCUT2D eigenvalue weighted by molar-refractivity contribution is 0.0712. The molecule has 5 rings (SSSR count). The second-order valence-corrected chi connectivity index (χ2v) is 9.56. The SMILES string of the molecule is N#Cc1cnc(C(=O)Cc2ccc(C3CCN(C(=O)c4cccnc4)CC3)cc2C2=CCCCC2)[nH]1. The molecule has 0 bridgehead atoms. The number of piperidine rings is 1. The third-order valence-electron chi connectivity index (χ3n) is 7.24. The van der Waals surface area contributed by atoms with Crippen molar-refractivity contribution in [1.82, 2.24) is 19.9 Å². The van der Waals surface area contributed by atoms with Gasteiger partial charge in [-0.3, -0.25) is 14.6 Å². The molecule has 36 heavy (non-hydrogen) atoms. The smallest absolute Gasteiger partial charge is 0.255 e. The lowest BCUT2D eigenvalue weighted by Gasteiger charge is -2.32. The van der Waals surface area contributed by atoms with Gasteiger partial charge in [-0.25, -0.2) is 4.98 Å². The molecule has 0 saturated carbocycles. The first-order chi connectivity index (χ1) is 17.6. The zero-order valence-electron chi connectivity index (χ0n) is 20.2. The van der Waals surface area contributed by atoms with Crippen molar-refractivity contribution in [2.75, 3.05) is 13.1 Å². The number of nitrogens with zero attached hydrogens (tertiary/aromatic N) is 4. The van der Waals surface area contributed by atoms with Crippen molar-refractivity contribution in [3.8, 4) is 6.07 Å². The van der Waals surface area contributed by atoms with Crippen LogP contribution in [0.4, 0.5) is 0 Å². The molecular formula is C29H29N5O2. The highest BCUT2D eigenvalue weighted by molar-refractivity contribution is 5.95. The summed E-state index contributed by atoms with van der Waals surface area (Å²) in [6.07, 6.45) is 13.5. The Morgan fingerprint density at radius 3 is 2.69 bits per heavy atom. The van der Waals surface area contributed by atoms with E-state index in [9.17, 15) is 9.59 Å². The van der Waals surface area contributed by atoms with Gasteiger partial charge < -0.3 is 9.88 Å². The van der Waals surface area contributed by atoms with Crippen LogP contribution in [0.5, 0.6) is 0 Å². The van der Waals surface area contributed by atoms with Crippen LogP contribution in [-0.4, -0.2) is 44.6 Å². The molecule has 2 aliphatic rings. The summed E-state index contributed by atoms with van der Waals surface area (Å²) in [7, 11) is 0. The first-order valence-electron chi connectivity index (χ1n) is 12.6. The van der Waals surface area contributed by atoms with Crippen LogP contribution in [0.25, 0.3) is 5.57 Å². The molecule has 1 amide bonds. The zero-order valence-corrected chi connectivity index (χ0v) is 20.2. The highest BCUT2D eigenvalue weighted by atomic mass is 16.2. The summed E-state index contributed by atoms with van der Waals surface area (Å²) < 4.78 is 0. The van der Waals surface area contributed by atoms with Gasteiger partial charge in [0.1, 0.15) is 11.8 Å². The third kappa shape index (κ3) is 5.13. The average molecular weight is 480 g/mol. The van der Waals surface area contributed by atoms with Crippen LogP contribution < -0.4 is 0 Å². The quantitative estimate of drug-likeness (QED) is 0.497. The summed E-state index contributed by atoms with van der Waals surface area (Å²) in [5.74, 6) is 0.522. The molecular weight excluding hydrogens is 450 g/mol. The van der Waals surface area contributed by atoms with Gasteiger partial charge >= 0.3 is 0 Å². The van der Waals surface area contributed by atoms with Crippen LogP contribution in [0.15, 0.2) is 55.0 Å². The van der Waals surface area contributed by atoms with Crippen LogP contribution in [-0.2, 0) is 6.42 Å². The number of benzene rings is 1. The lowest BCUT2D eigenvalue weighted by Crippen LogP contribution is -2.38. The molecule has 7 nitrogen and oxygen atoms in total. The van der Waals surface area contributed by atoms with Crippen LogP contribution in [0.2, 0.25) is 0 Å². The van der Waals surface area contributed by atoms with Crippen LogP contribution in [0.1, 0.15) is 87.8 Å². The Kier molecular flexibility index (Phi) is 7.03. The molecule has 7 heteroatoms. The van der Waals surface area contributed by atoms with Crippen molar-refractivity contribution in [2.45, 2.75) is 50.9 Å². The van der Waals surface area contributed by atoms with Gasteiger partial charge in [0.15, 0.2) is 5.82 Å². The number of allylic oxidation sites excluding steroid dienone is 2. The fourth-order valence-corrected chi connectivity index (χ4v) is 5.25. The van der Waals surface area contributed by atoms with Crippen molar-refractivity contribution >= 4 is 17.3 Å². The molecule has 0 radical (unpaired) electrons. The number of aromatic nitrogens is 3. The lowest BCUT2D eigenvalue weighted by atomic mass is 9.83. The Hall–Kier alpha value is -4.05. The maximum Gasteiger partial charge on any atom is 0.255 e. The molecule has 0 unspecified atom stereocenters. The topological polar surface area (TPSA) is 103 Å². The van der Waals surface area contributed by atoms with Crippen molar-refractivity contribution in [1.29, 1.82) is 5.26 Å². The van der Waals surface area contributed by atoms with Crippen LogP contribution >= 0.6 is 0 Å². The van der Waals surface area contributed by atoms with E-state index in [1.165, 1.54) is 23.8 Å². The molecule has 3 heterocycles. The Labute approximate surface area is 210 Å². The van der Waals surface area contributed by atoms with Gasteiger partial charge in [-0.15, -0.1) is 0 Å². The number of imidazole rings is 1. The van der Waals surface area contributed by atoms with Gasteiger partial charge in [-0.1, -0.05) is 24.3 Å². The van der Waals surface area contributed by atoms with Gasteiger partial charge in [-0.05, 0) is 78.8 Å². The number of carbonyl (C=O) groups excluding carboxylic acids is 2. The Morgan fingerprint density at radius 1 is 1.14 bits per heavy atom. The molecule has 3 aromatic rings. The maximum absolute atomic E-state index is 12.9. The van der Waals surface area contributed by atoms with E-state index in [0.717, 1.165) is 56.3 Å². The number of pyridine rings is 1. The summed E-state index contributed by atoms with van der Waals surface area (Å²) in [5, 5.41) is 9.03. The van der Waals surface area contributed by atoms with Gasteiger partial charge in [-0.2, -0.15) is 5.26 Å². The first-order valence-corrected chi connectivity index (χ1v) is 12.6. The second-order valence-electron chi connectivity index (χ2n) is 9.56. The van der Waals surface area contributed by atoms with Gasteiger partial charge in [0.2, 0.25) is 5.78 Å². The molecule has 0 spiro atoms. The summed E-state index contributed by atoms with van der Waals surface area (Å²) in [5.41, 5.74) is 5.66. The molecule has 182 valence electrons. The molecule has 1 saturated heterocycles. The second kappa shape index (κ2) is 10.7. The fraction of sp³-hybridized carbons (Fsp3) is 0.345. The first kappa shape index (κ1) is 23.7. The molecule has 2 aromatic heterocycles. The summed E-state index contributed by atoms with van der Waals surface area (Å²) in [6, 6.07) is 12.1. The number of amides is 1. The number of hydrogen-bond donors (Lipinski definition) is 1. The Morgan fingerprint density at radius 2 is 2.00 bits per heavy atom. The highest BCUT2D eigenvalue weighted by Crippen LogP contribution is 2.35. The van der Waals surface area contributed by atoms with E-state index >= 15 is 0 Å². The number of H-pyrrole nitrogens is 1.